The number of pyridine rings is 1. The number of H-pyrrole nitrogens is 1. The molecule has 0 aromatic carbocycles. The van der Waals surface area contributed by atoms with Crippen LogP contribution in [0.5, 0.6) is 0 Å². The largest absolute Gasteiger partial charge is 0.310 e. The lowest BCUT2D eigenvalue weighted by Gasteiger charge is -2.24. The molecule has 126 valence electrons. The summed E-state index contributed by atoms with van der Waals surface area (Å²) in [5.41, 5.74) is 1.46. The highest BCUT2D eigenvalue weighted by Crippen LogP contribution is 2.41. The number of hydrogen-bond donors (Lipinski definition) is 2. The second kappa shape index (κ2) is 6.68. The van der Waals surface area contributed by atoms with E-state index in [1.165, 1.54) is 11.8 Å². The molecular weight excluding hydrogens is 344 g/mol. The first-order chi connectivity index (χ1) is 11.7. The highest BCUT2D eigenvalue weighted by Gasteiger charge is 2.32. The van der Waals surface area contributed by atoms with Crippen LogP contribution in [0.1, 0.15) is 35.3 Å². The van der Waals surface area contributed by atoms with Gasteiger partial charge in [-0.3, -0.25) is 24.4 Å². The van der Waals surface area contributed by atoms with Crippen molar-refractivity contribution in [3.8, 4) is 0 Å². The Morgan fingerprint density at radius 1 is 1.25 bits per heavy atom. The van der Waals surface area contributed by atoms with Gasteiger partial charge in [-0.25, -0.2) is 0 Å². The van der Waals surface area contributed by atoms with Crippen LogP contribution in [0.4, 0.5) is 5.82 Å². The molecule has 4 rings (SSSR count). The number of amides is 1. The predicted molar refractivity (Wildman–Crippen MR) is 97.8 cm³/mol. The Labute approximate surface area is 147 Å². The molecule has 1 atom stereocenters. The van der Waals surface area contributed by atoms with Crippen molar-refractivity contribution in [3.05, 3.63) is 46.0 Å². The molecule has 2 N–H and O–H groups in total. The maximum absolute atomic E-state index is 12.7. The van der Waals surface area contributed by atoms with E-state index < -0.39 is 0 Å². The minimum atomic E-state index is -0.185. The summed E-state index contributed by atoms with van der Waals surface area (Å²) in [5.74, 6) is 3.06. The van der Waals surface area contributed by atoms with Gasteiger partial charge in [0.15, 0.2) is 0 Å². The van der Waals surface area contributed by atoms with Gasteiger partial charge in [-0.2, -0.15) is 11.8 Å². The molecule has 1 unspecified atom stereocenters. The van der Waals surface area contributed by atoms with E-state index in [2.05, 4.69) is 15.4 Å². The molecule has 1 amide bonds. The van der Waals surface area contributed by atoms with Crippen LogP contribution >= 0.6 is 23.5 Å². The van der Waals surface area contributed by atoms with Crippen molar-refractivity contribution in [1.82, 2.24) is 14.8 Å². The number of nitrogens with one attached hydrogen (secondary N) is 2. The average Bonchev–Trinajstić information content (AvgIpc) is 2.83. The van der Waals surface area contributed by atoms with E-state index >= 15 is 0 Å². The second-order valence-electron chi connectivity index (χ2n) is 5.94. The van der Waals surface area contributed by atoms with Crippen LogP contribution in [-0.2, 0) is 4.79 Å². The fourth-order valence-electron chi connectivity index (χ4n) is 3.26. The van der Waals surface area contributed by atoms with Crippen molar-refractivity contribution in [2.45, 2.75) is 24.1 Å². The molecule has 2 aliphatic heterocycles. The van der Waals surface area contributed by atoms with Crippen LogP contribution in [0.25, 0.3) is 0 Å². The smallest absolute Gasteiger partial charge is 0.270 e. The number of hydrogen-bond acceptors (Lipinski definition) is 5. The van der Waals surface area contributed by atoms with E-state index in [1.54, 1.807) is 12.4 Å². The quantitative estimate of drug-likeness (QED) is 0.858. The molecule has 4 heterocycles. The fraction of sp³-hybridized carbons (Fsp3) is 0.438. The first kappa shape index (κ1) is 15.8. The minimum absolute atomic E-state index is 0.0643. The monoisotopic (exact) mass is 362 g/mol. The van der Waals surface area contributed by atoms with Gasteiger partial charge >= 0.3 is 0 Å². The van der Waals surface area contributed by atoms with Crippen molar-refractivity contribution in [1.29, 1.82) is 0 Å². The van der Waals surface area contributed by atoms with Crippen LogP contribution in [0.15, 0.2) is 29.3 Å². The standard InChI is InChI=1S/C16H18N4O2S2/c21-12-9-24-14(10-2-1-5-17-8-10)13-15(18-12)20(19-16(13)22)11-3-6-23-7-4-11/h1-2,5,8,11,14H,3-4,6-7,9H2,(H,18,21)(H,19,22). The van der Waals surface area contributed by atoms with Crippen molar-refractivity contribution < 1.29 is 4.79 Å². The van der Waals surface area contributed by atoms with Crippen LogP contribution < -0.4 is 10.9 Å². The summed E-state index contributed by atoms with van der Waals surface area (Å²) < 4.78 is 1.89. The summed E-state index contributed by atoms with van der Waals surface area (Å²) in [6.07, 6.45) is 5.49. The molecule has 0 saturated carbocycles. The van der Waals surface area contributed by atoms with Crippen LogP contribution in [-0.4, -0.2) is 37.9 Å². The molecule has 1 saturated heterocycles. The van der Waals surface area contributed by atoms with E-state index in [0.717, 1.165) is 29.9 Å². The molecule has 0 spiro atoms. The summed E-state index contributed by atoms with van der Waals surface area (Å²) in [7, 11) is 0. The molecule has 0 aliphatic carbocycles. The Kier molecular flexibility index (Phi) is 4.41. The van der Waals surface area contributed by atoms with Gasteiger partial charge in [0, 0.05) is 12.4 Å². The molecule has 2 aromatic heterocycles. The molecule has 0 radical (unpaired) electrons. The predicted octanol–water partition coefficient (Wildman–Crippen LogP) is 2.41. The lowest BCUT2D eigenvalue weighted by Crippen LogP contribution is -2.22. The third-order valence-corrected chi connectivity index (χ3v) is 6.73. The molecule has 6 nitrogen and oxygen atoms in total. The van der Waals surface area contributed by atoms with Gasteiger partial charge in [0.2, 0.25) is 5.91 Å². The Bertz CT molecular complexity index is 796. The molecule has 2 aliphatic rings. The van der Waals surface area contributed by atoms with Gasteiger partial charge in [0.25, 0.3) is 5.56 Å². The normalized spacial score (nSPS) is 21.8. The van der Waals surface area contributed by atoms with Gasteiger partial charge in [-0.15, -0.1) is 11.8 Å². The second-order valence-corrected chi connectivity index (χ2v) is 8.26. The Morgan fingerprint density at radius 3 is 2.83 bits per heavy atom. The fourth-order valence-corrected chi connectivity index (χ4v) is 5.44. The molecule has 0 bridgehead atoms. The number of carbonyl (C=O) groups is 1. The van der Waals surface area contributed by atoms with Crippen LogP contribution in [0.2, 0.25) is 0 Å². The number of carbonyl (C=O) groups excluding carboxylic acids is 1. The van der Waals surface area contributed by atoms with Crippen LogP contribution in [0, 0.1) is 0 Å². The maximum Gasteiger partial charge on any atom is 0.270 e. The zero-order valence-corrected chi connectivity index (χ0v) is 14.7. The highest BCUT2D eigenvalue weighted by atomic mass is 32.2. The van der Waals surface area contributed by atoms with E-state index in [1.807, 2.05) is 28.6 Å². The number of aromatic amines is 1. The van der Waals surface area contributed by atoms with Crippen LogP contribution in [0.3, 0.4) is 0 Å². The lowest BCUT2D eigenvalue weighted by atomic mass is 10.1. The summed E-state index contributed by atoms with van der Waals surface area (Å²) in [6, 6.07) is 4.05. The first-order valence-electron chi connectivity index (χ1n) is 7.97. The lowest BCUT2D eigenvalue weighted by molar-refractivity contribution is -0.113. The summed E-state index contributed by atoms with van der Waals surface area (Å²) in [5, 5.41) is 5.75. The number of anilines is 1. The number of fused-ring (bicyclic) bond motifs is 1. The van der Waals surface area contributed by atoms with Crippen molar-refractivity contribution in [2.75, 3.05) is 22.6 Å². The van der Waals surface area contributed by atoms with Gasteiger partial charge in [-0.1, -0.05) is 6.07 Å². The number of rotatable bonds is 2. The van der Waals surface area contributed by atoms with Crippen molar-refractivity contribution in [2.24, 2.45) is 0 Å². The molecule has 8 heteroatoms. The number of thioether (sulfide) groups is 2. The molecule has 1 fully saturated rings. The SMILES string of the molecule is O=C1CSC(c2cccnc2)c2c(n(C3CCSCC3)[nH]c2=O)N1. The molecule has 2 aromatic rings. The molecule has 24 heavy (non-hydrogen) atoms. The maximum atomic E-state index is 12.7. The van der Waals surface area contributed by atoms with E-state index in [0.29, 0.717) is 17.1 Å². The van der Waals surface area contributed by atoms with E-state index in [9.17, 15) is 9.59 Å². The van der Waals surface area contributed by atoms with Gasteiger partial charge in [-0.05, 0) is 36.0 Å². The molecular formula is C16H18N4O2S2. The highest BCUT2D eigenvalue weighted by molar-refractivity contribution is 8.00. The van der Waals surface area contributed by atoms with Gasteiger partial charge < -0.3 is 5.32 Å². The average molecular weight is 362 g/mol. The Hall–Kier alpha value is -1.67. The summed E-state index contributed by atoms with van der Waals surface area (Å²) >= 11 is 3.41. The van der Waals surface area contributed by atoms with E-state index in [4.69, 9.17) is 0 Å². The third kappa shape index (κ3) is 2.88. The Morgan fingerprint density at radius 2 is 2.08 bits per heavy atom. The summed E-state index contributed by atoms with van der Waals surface area (Å²) in [6.45, 7) is 0. The number of aromatic nitrogens is 3. The summed E-state index contributed by atoms with van der Waals surface area (Å²) in [4.78, 5) is 29.1. The van der Waals surface area contributed by atoms with E-state index in [-0.39, 0.29) is 22.8 Å². The zero-order valence-electron chi connectivity index (χ0n) is 13.0. The number of nitrogens with zero attached hydrogens (tertiary/aromatic N) is 2. The Balaban J connectivity index is 1.82. The minimum Gasteiger partial charge on any atom is -0.310 e. The zero-order chi connectivity index (χ0) is 16.5. The van der Waals surface area contributed by atoms with Crippen molar-refractivity contribution >= 4 is 35.2 Å². The van der Waals surface area contributed by atoms with Gasteiger partial charge in [0.05, 0.1) is 22.6 Å². The topological polar surface area (TPSA) is 79.8 Å². The van der Waals surface area contributed by atoms with Gasteiger partial charge in [0.1, 0.15) is 5.82 Å². The first-order valence-corrected chi connectivity index (χ1v) is 10.2. The third-order valence-electron chi connectivity index (χ3n) is 4.41. The van der Waals surface area contributed by atoms with Crippen molar-refractivity contribution in [3.63, 3.8) is 0 Å².